The number of benzene rings is 3. The van der Waals surface area contributed by atoms with E-state index in [1.165, 1.54) is 0 Å². The van der Waals surface area contributed by atoms with Crippen LogP contribution in [0.4, 0.5) is 0 Å². The second-order valence-electron chi connectivity index (χ2n) is 6.92. The van der Waals surface area contributed by atoms with Crippen LogP contribution in [0.1, 0.15) is 23.6 Å². The Hall–Kier alpha value is -3.14. The summed E-state index contributed by atoms with van der Waals surface area (Å²) in [7, 11) is 3.13. The minimum atomic E-state index is 0.361. The standard InChI is InChI=1S/C26H23BrClNO4/c1-4-32-25-13-18(11-20(15-29)19-7-10-23(30-2)24(14-19)31-3)12-22(27)26(25)33-16-17-5-8-21(28)9-6-17/h5-14H,4,16H2,1-3H3/b20-11+. The fraction of sp³-hybridized carbons (Fsp3) is 0.192. The Bertz CT molecular complexity index is 1190. The van der Waals surface area contributed by atoms with Crippen LogP contribution in [0.25, 0.3) is 11.6 Å². The summed E-state index contributed by atoms with van der Waals surface area (Å²) >= 11 is 9.55. The molecule has 0 bridgehead atoms. The van der Waals surface area contributed by atoms with Crippen LogP contribution in [0.5, 0.6) is 23.0 Å². The van der Waals surface area contributed by atoms with Gasteiger partial charge in [0, 0.05) is 5.02 Å². The van der Waals surface area contributed by atoms with Gasteiger partial charge in [-0.1, -0.05) is 23.7 Å². The van der Waals surface area contributed by atoms with Gasteiger partial charge in [0.05, 0.1) is 36.9 Å². The molecule has 0 fully saturated rings. The molecule has 3 aromatic rings. The molecule has 0 aromatic heterocycles. The SMILES string of the molecule is CCOc1cc(/C=C(\C#N)c2ccc(OC)c(OC)c2)cc(Br)c1OCc1ccc(Cl)cc1. The number of allylic oxidation sites excluding steroid dienone is 1. The number of ether oxygens (including phenoxy) is 4. The first kappa shape index (κ1) is 24.5. The lowest BCUT2D eigenvalue weighted by atomic mass is 10.0. The monoisotopic (exact) mass is 527 g/mol. The first-order valence-electron chi connectivity index (χ1n) is 10.2. The number of halogens is 2. The van der Waals surface area contributed by atoms with E-state index >= 15 is 0 Å². The molecule has 0 saturated heterocycles. The summed E-state index contributed by atoms with van der Waals surface area (Å²) in [4.78, 5) is 0. The van der Waals surface area contributed by atoms with Crippen molar-refractivity contribution in [3.63, 3.8) is 0 Å². The number of rotatable bonds is 9. The summed E-state index contributed by atoms with van der Waals surface area (Å²) in [5.41, 5.74) is 2.96. The molecular weight excluding hydrogens is 506 g/mol. The highest BCUT2D eigenvalue weighted by molar-refractivity contribution is 9.10. The molecule has 0 unspecified atom stereocenters. The van der Waals surface area contributed by atoms with Gasteiger partial charge in [0.1, 0.15) is 6.61 Å². The maximum Gasteiger partial charge on any atom is 0.175 e. The Morgan fingerprint density at radius 1 is 0.970 bits per heavy atom. The molecule has 33 heavy (non-hydrogen) atoms. The molecule has 0 aliphatic carbocycles. The van der Waals surface area contributed by atoms with E-state index in [4.69, 9.17) is 30.5 Å². The lowest BCUT2D eigenvalue weighted by Crippen LogP contribution is -2.01. The molecule has 5 nitrogen and oxygen atoms in total. The van der Waals surface area contributed by atoms with E-state index < -0.39 is 0 Å². The highest BCUT2D eigenvalue weighted by atomic mass is 79.9. The number of hydrogen-bond acceptors (Lipinski definition) is 5. The van der Waals surface area contributed by atoms with Gasteiger partial charge in [0.2, 0.25) is 0 Å². The summed E-state index contributed by atoms with van der Waals surface area (Å²) < 4.78 is 23.2. The predicted octanol–water partition coefficient (Wildman–Crippen LogP) is 7.16. The molecule has 0 heterocycles. The summed E-state index contributed by atoms with van der Waals surface area (Å²) in [5, 5.41) is 10.5. The molecule has 3 rings (SSSR count). The van der Waals surface area contributed by atoms with Crippen LogP contribution in [0, 0.1) is 11.3 Å². The maximum atomic E-state index is 9.79. The van der Waals surface area contributed by atoms with Gasteiger partial charge < -0.3 is 18.9 Å². The van der Waals surface area contributed by atoms with Crippen LogP contribution in [0.15, 0.2) is 59.1 Å². The molecule has 0 saturated carbocycles. The van der Waals surface area contributed by atoms with E-state index in [1.54, 1.807) is 32.4 Å². The Kier molecular flexibility index (Phi) is 8.65. The molecule has 0 radical (unpaired) electrons. The summed E-state index contributed by atoms with van der Waals surface area (Å²) in [6, 6.07) is 18.8. The zero-order chi connectivity index (χ0) is 23.8. The topological polar surface area (TPSA) is 60.7 Å². The highest BCUT2D eigenvalue weighted by Gasteiger charge is 2.14. The molecule has 0 aliphatic rings. The Balaban J connectivity index is 1.93. The number of nitrogens with zero attached hydrogens (tertiary/aromatic N) is 1. The molecule has 7 heteroatoms. The van der Waals surface area contributed by atoms with Gasteiger partial charge in [-0.2, -0.15) is 5.26 Å². The smallest absolute Gasteiger partial charge is 0.175 e. The fourth-order valence-corrected chi connectivity index (χ4v) is 3.86. The Labute approximate surface area is 207 Å². The van der Waals surface area contributed by atoms with Crippen LogP contribution in [0.3, 0.4) is 0 Å². The van der Waals surface area contributed by atoms with E-state index in [1.807, 2.05) is 49.4 Å². The van der Waals surface area contributed by atoms with Crippen LogP contribution < -0.4 is 18.9 Å². The number of nitriles is 1. The van der Waals surface area contributed by atoms with E-state index in [2.05, 4.69) is 22.0 Å². The van der Waals surface area contributed by atoms with Crippen LogP contribution in [-0.4, -0.2) is 20.8 Å². The van der Waals surface area contributed by atoms with Gasteiger partial charge in [-0.05, 0) is 88.1 Å². The Morgan fingerprint density at radius 2 is 1.70 bits per heavy atom. The van der Waals surface area contributed by atoms with Crippen molar-refractivity contribution in [1.82, 2.24) is 0 Å². The highest BCUT2D eigenvalue weighted by Crippen LogP contribution is 2.39. The van der Waals surface area contributed by atoms with E-state index in [-0.39, 0.29) is 0 Å². The summed E-state index contributed by atoms with van der Waals surface area (Å²) in [6.07, 6.45) is 1.79. The zero-order valence-corrected chi connectivity index (χ0v) is 20.9. The molecule has 0 atom stereocenters. The molecule has 0 spiro atoms. The van der Waals surface area contributed by atoms with Crippen molar-refractivity contribution in [2.45, 2.75) is 13.5 Å². The van der Waals surface area contributed by atoms with Crippen LogP contribution in [0.2, 0.25) is 5.02 Å². The van der Waals surface area contributed by atoms with Gasteiger partial charge in [0.25, 0.3) is 0 Å². The van der Waals surface area contributed by atoms with Crippen molar-refractivity contribution in [1.29, 1.82) is 5.26 Å². The van der Waals surface area contributed by atoms with E-state index in [0.29, 0.717) is 52.4 Å². The molecule has 0 amide bonds. The first-order chi connectivity index (χ1) is 16.0. The third kappa shape index (κ3) is 6.22. The van der Waals surface area contributed by atoms with Crippen molar-refractivity contribution in [3.05, 3.63) is 80.8 Å². The average molecular weight is 529 g/mol. The fourth-order valence-electron chi connectivity index (χ4n) is 3.16. The van der Waals surface area contributed by atoms with Crippen LogP contribution >= 0.6 is 27.5 Å². The third-order valence-electron chi connectivity index (χ3n) is 4.75. The molecule has 0 aliphatic heterocycles. The zero-order valence-electron chi connectivity index (χ0n) is 18.5. The average Bonchev–Trinajstić information content (AvgIpc) is 2.82. The van der Waals surface area contributed by atoms with Gasteiger partial charge in [0.15, 0.2) is 23.0 Å². The first-order valence-corrected chi connectivity index (χ1v) is 11.3. The molecule has 0 N–H and O–H groups in total. The minimum absolute atomic E-state index is 0.361. The number of methoxy groups -OCH3 is 2. The van der Waals surface area contributed by atoms with Crippen molar-refractivity contribution in [2.24, 2.45) is 0 Å². The third-order valence-corrected chi connectivity index (χ3v) is 5.60. The second kappa shape index (κ2) is 11.6. The van der Waals surface area contributed by atoms with Crippen molar-refractivity contribution >= 4 is 39.2 Å². The molecule has 3 aromatic carbocycles. The summed E-state index contributed by atoms with van der Waals surface area (Å²) in [6.45, 7) is 2.74. The van der Waals surface area contributed by atoms with Crippen LogP contribution in [-0.2, 0) is 6.61 Å². The van der Waals surface area contributed by atoms with Gasteiger partial charge in [-0.3, -0.25) is 0 Å². The minimum Gasteiger partial charge on any atom is -0.493 e. The summed E-state index contributed by atoms with van der Waals surface area (Å²) in [5.74, 6) is 2.32. The van der Waals surface area contributed by atoms with Crippen molar-refractivity contribution in [3.8, 4) is 29.1 Å². The predicted molar refractivity (Wildman–Crippen MR) is 134 cm³/mol. The lowest BCUT2D eigenvalue weighted by molar-refractivity contribution is 0.267. The largest absolute Gasteiger partial charge is 0.493 e. The number of hydrogen-bond donors (Lipinski definition) is 0. The lowest BCUT2D eigenvalue weighted by Gasteiger charge is -2.15. The van der Waals surface area contributed by atoms with Gasteiger partial charge in [-0.15, -0.1) is 0 Å². The second-order valence-corrected chi connectivity index (χ2v) is 8.21. The van der Waals surface area contributed by atoms with E-state index in [0.717, 1.165) is 15.6 Å². The van der Waals surface area contributed by atoms with Gasteiger partial charge in [-0.25, -0.2) is 0 Å². The normalized spacial score (nSPS) is 11.0. The molecule has 170 valence electrons. The molecular formula is C26H23BrClNO4. The van der Waals surface area contributed by atoms with Crippen molar-refractivity contribution in [2.75, 3.05) is 20.8 Å². The maximum absolute atomic E-state index is 9.79. The quantitative estimate of drug-likeness (QED) is 0.218. The Morgan fingerprint density at radius 3 is 2.33 bits per heavy atom. The van der Waals surface area contributed by atoms with E-state index in [9.17, 15) is 5.26 Å². The van der Waals surface area contributed by atoms with Gasteiger partial charge >= 0.3 is 0 Å². The van der Waals surface area contributed by atoms with Crippen molar-refractivity contribution < 1.29 is 18.9 Å².